The largest absolute Gasteiger partial charge is 0.344 e. The van der Waals surface area contributed by atoms with Crippen LogP contribution in [0.1, 0.15) is 47.4 Å². The van der Waals surface area contributed by atoms with E-state index in [4.69, 9.17) is 11.6 Å². The van der Waals surface area contributed by atoms with Gasteiger partial charge in [-0.3, -0.25) is 14.3 Å². The summed E-state index contributed by atoms with van der Waals surface area (Å²) in [4.78, 5) is 25.8. The van der Waals surface area contributed by atoms with Gasteiger partial charge >= 0.3 is 0 Å². The van der Waals surface area contributed by atoms with Crippen molar-refractivity contribution in [2.24, 2.45) is 0 Å². The zero-order valence-corrected chi connectivity index (χ0v) is 15.8. The summed E-state index contributed by atoms with van der Waals surface area (Å²) in [7, 11) is 0. The average Bonchev–Trinajstić information content (AvgIpc) is 2.69. The lowest BCUT2D eigenvalue weighted by atomic mass is 9.87. The fourth-order valence-electron chi connectivity index (χ4n) is 3.78. The molecule has 0 radical (unpaired) electrons. The van der Waals surface area contributed by atoms with Gasteiger partial charge in [0.2, 0.25) is 5.43 Å². The summed E-state index contributed by atoms with van der Waals surface area (Å²) < 4.78 is 1.66. The molecule has 1 amide bonds. The van der Waals surface area contributed by atoms with E-state index in [1.807, 2.05) is 25.1 Å². The minimum atomic E-state index is -0.439. The van der Waals surface area contributed by atoms with Crippen molar-refractivity contribution >= 4 is 28.4 Å². The van der Waals surface area contributed by atoms with Crippen molar-refractivity contribution in [1.82, 2.24) is 15.1 Å². The molecule has 1 aliphatic carbocycles. The maximum atomic E-state index is 12.9. The molecule has 27 heavy (non-hydrogen) atoms. The number of aryl methyl sites for hydroxylation is 2. The van der Waals surface area contributed by atoms with E-state index in [1.165, 1.54) is 5.56 Å². The number of fused-ring (bicyclic) bond motifs is 2. The van der Waals surface area contributed by atoms with Gasteiger partial charge in [-0.2, -0.15) is 5.10 Å². The highest BCUT2D eigenvalue weighted by molar-refractivity contribution is 6.31. The Hall–Kier alpha value is -2.66. The summed E-state index contributed by atoms with van der Waals surface area (Å²) >= 11 is 6.06. The molecule has 1 heterocycles. The lowest BCUT2D eigenvalue weighted by molar-refractivity contribution is 0.0924. The van der Waals surface area contributed by atoms with Gasteiger partial charge in [-0.25, -0.2) is 0 Å². The third-order valence-corrected chi connectivity index (χ3v) is 5.34. The molecule has 0 fully saturated rings. The molecule has 5 nitrogen and oxygen atoms in total. The summed E-state index contributed by atoms with van der Waals surface area (Å²) in [5.41, 5.74) is 2.56. The Kier molecular flexibility index (Phi) is 4.70. The molecule has 3 aromatic rings. The molecule has 0 saturated carbocycles. The van der Waals surface area contributed by atoms with E-state index in [1.54, 1.807) is 22.9 Å². The van der Waals surface area contributed by atoms with Crippen molar-refractivity contribution in [1.29, 1.82) is 0 Å². The van der Waals surface area contributed by atoms with Gasteiger partial charge in [0.1, 0.15) is 0 Å². The van der Waals surface area contributed by atoms with Crippen LogP contribution in [0.25, 0.3) is 10.9 Å². The van der Waals surface area contributed by atoms with E-state index >= 15 is 0 Å². The molecular formula is C21H20ClN3O2. The Bertz CT molecular complexity index is 1090. The number of carbonyl (C=O) groups is 1. The lowest BCUT2D eigenvalue weighted by Crippen LogP contribution is -2.36. The van der Waals surface area contributed by atoms with Crippen LogP contribution < -0.4 is 10.7 Å². The predicted octanol–water partition coefficient (Wildman–Crippen LogP) is 3.88. The summed E-state index contributed by atoms with van der Waals surface area (Å²) in [5, 5.41) is 8.20. The first-order valence-electron chi connectivity index (χ1n) is 9.17. The van der Waals surface area contributed by atoms with Gasteiger partial charge in [-0.1, -0.05) is 35.9 Å². The standard InChI is InChI=1S/C21H20ClN3O2/c1-2-25-18-11-10-14(22)12-16(18)20(26)19(24-25)21(27)23-17-9-5-7-13-6-3-4-8-15(13)17/h3-4,6,8,10-12,17H,2,5,7,9H2,1H3,(H,23,27). The highest BCUT2D eigenvalue weighted by atomic mass is 35.5. The van der Waals surface area contributed by atoms with Gasteiger partial charge < -0.3 is 5.32 Å². The maximum absolute atomic E-state index is 12.9. The third-order valence-electron chi connectivity index (χ3n) is 5.11. The van der Waals surface area contributed by atoms with Crippen molar-refractivity contribution in [3.63, 3.8) is 0 Å². The van der Waals surface area contributed by atoms with Crippen LogP contribution in [-0.4, -0.2) is 15.7 Å². The smallest absolute Gasteiger partial charge is 0.276 e. The maximum Gasteiger partial charge on any atom is 0.276 e. The fraction of sp³-hybridized carbons (Fsp3) is 0.286. The Labute approximate surface area is 162 Å². The first-order valence-corrected chi connectivity index (χ1v) is 9.55. The van der Waals surface area contributed by atoms with E-state index in [-0.39, 0.29) is 11.7 Å². The van der Waals surface area contributed by atoms with Crippen molar-refractivity contribution in [3.8, 4) is 0 Å². The van der Waals surface area contributed by atoms with Crippen LogP contribution in [0.2, 0.25) is 5.02 Å². The average molecular weight is 382 g/mol. The number of carbonyl (C=O) groups excluding carboxylic acids is 1. The Morgan fingerprint density at radius 2 is 2.11 bits per heavy atom. The van der Waals surface area contributed by atoms with Crippen LogP contribution in [0.5, 0.6) is 0 Å². The van der Waals surface area contributed by atoms with Gasteiger partial charge in [-0.05, 0) is 55.5 Å². The second-order valence-corrected chi connectivity index (χ2v) is 7.21. The van der Waals surface area contributed by atoms with Crippen LogP contribution in [0.4, 0.5) is 0 Å². The monoisotopic (exact) mass is 381 g/mol. The Balaban J connectivity index is 1.74. The van der Waals surface area contributed by atoms with Crippen molar-refractivity contribution < 1.29 is 4.79 Å². The van der Waals surface area contributed by atoms with Crippen LogP contribution in [0.3, 0.4) is 0 Å². The van der Waals surface area contributed by atoms with Gasteiger partial charge in [0.05, 0.1) is 16.9 Å². The number of nitrogens with zero attached hydrogens (tertiary/aromatic N) is 2. The second-order valence-electron chi connectivity index (χ2n) is 6.77. The summed E-state index contributed by atoms with van der Waals surface area (Å²) in [5.74, 6) is -0.439. The summed E-state index contributed by atoms with van der Waals surface area (Å²) in [6.07, 6.45) is 2.87. The van der Waals surface area contributed by atoms with Gasteiger partial charge in [0.25, 0.3) is 5.91 Å². The van der Waals surface area contributed by atoms with Crippen LogP contribution in [0.15, 0.2) is 47.3 Å². The number of rotatable bonds is 3. The zero-order chi connectivity index (χ0) is 19.0. The van der Waals surface area contributed by atoms with Gasteiger partial charge in [0.15, 0.2) is 5.69 Å². The molecule has 1 unspecified atom stereocenters. The Morgan fingerprint density at radius 3 is 2.93 bits per heavy atom. The number of benzene rings is 2. The minimum absolute atomic E-state index is 0.0883. The molecule has 1 aromatic heterocycles. The molecule has 0 bridgehead atoms. The Morgan fingerprint density at radius 1 is 1.30 bits per heavy atom. The molecule has 138 valence electrons. The molecule has 0 spiro atoms. The molecule has 0 aliphatic heterocycles. The number of hydrogen-bond acceptors (Lipinski definition) is 3. The van der Waals surface area contributed by atoms with Crippen LogP contribution in [0, 0.1) is 0 Å². The van der Waals surface area contributed by atoms with Crippen molar-refractivity contribution in [2.45, 2.75) is 38.8 Å². The predicted molar refractivity (Wildman–Crippen MR) is 106 cm³/mol. The van der Waals surface area contributed by atoms with E-state index in [9.17, 15) is 9.59 Å². The molecule has 0 saturated heterocycles. The molecular weight excluding hydrogens is 362 g/mol. The van der Waals surface area contributed by atoms with E-state index in [0.717, 1.165) is 24.8 Å². The van der Waals surface area contributed by atoms with Crippen molar-refractivity contribution in [3.05, 3.63) is 74.5 Å². The van der Waals surface area contributed by atoms with E-state index in [0.29, 0.717) is 22.5 Å². The zero-order valence-electron chi connectivity index (χ0n) is 15.0. The number of halogens is 1. The SMILES string of the molecule is CCn1nc(C(=O)NC2CCCc3ccccc32)c(=O)c2cc(Cl)ccc21. The fourth-order valence-corrected chi connectivity index (χ4v) is 3.95. The molecule has 6 heteroatoms. The molecule has 1 aliphatic rings. The molecule has 4 rings (SSSR count). The molecule has 1 atom stereocenters. The highest BCUT2D eigenvalue weighted by Gasteiger charge is 2.24. The summed E-state index contributed by atoms with van der Waals surface area (Å²) in [6, 6.07) is 13.1. The quantitative estimate of drug-likeness (QED) is 0.748. The second kappa shape index (κ2) is 7.16. The van der Waals surface area contributed by atoms with Crippen LogP contribution in [-0.2, 0) is 13.0 Å². The van der Waals surface area contributed by atoms with Crippen LogP contribution >= 0.6 is 11.6 Å². The first-order chi connectivity index (χ1) is 13.1. The van der Waals surface area contributed by atoms with E-state index < -0.39 is 11.3 Å². The minimum Gasteiger partial charge on any atom is -0.344 e. The lowest BCUT2D eigenvalue weighted by Gasteiger charge is -2.26. The topological polar surface area (TPSA) is 64.0 Å². The number of nitrogens with one attached hydrogen (secondary N) is 1. The normalized spacial score (nSPS) is 16.1. The third kappa shape index (κ3) is 3.23. The number of hydrogen-bond donors (Lipinski definition) is 1. The summed E-state index contributed by atoms with van der Waals surface area (Å²) in [6.45, 7) is 2.47. The first kappa shape index (κ1) is 17.7. The van der Waals surface area contributed by atoms with Crippen molar-refractivity contribution in [2.75, 3.05) is 0 Å². The van der Waals surface area contributed by atoms with E-state index in [2.05, 4.69) is 16.5 Å². The molecule has 1 N–H and O–H groups in total. The van der Waals surface area contributed by atoms with Gasteiger partial charge in [-0.15, -0.1) is 0 Å². The number of amides is 1. The highest BCUT2D eigenvalue weighted by Crippen LogP contribution is 2.29. The molecule has 2 aromatic carbocycles. The van der Waals surface area contributed by atoms with Gasteiger partial charge in [0, 0.05) is 11.6 Å². The number of aromatic nitrogens is 2.